The molecule has 3 aliphatic rings. The van der Waals surface area contributed by atoms with Crippen molar-refractivity contribution in [3.8, 4) is 0 Å². The van der Waals surface area contributed by atoms with E-state index in [4.69, 9.17) is 4.52 Å². The first kappa shape index (κ1) is 23.2. The molecule has 3 fully saturated rings. The Kier molecular flexibility index (Phi) is 6.68. The topological polar surface area (TPSA) is 128 Å². The van der Waals surface area contributed by atoms with E-state index in [0.717, 1.165) is 24.2 Å². The summed E-state index contributed by atoms with van der Waals surface area (Å²) >= 11 is 0. The second-order valence-corrected chi connectivity index (χ2v) is 9.28. The number of imide groups is 1. The standard InChI is InChI=1S/C22H32N6O5/c1-3-16-4-6-22(7-5-16)20(31)28(21(32)24-22)14-19(30)27-10-8-26(9-11-27)13-18(29)23-17-12-15(2)33-25-17/h12,16H,3-11,13-14H2,1-2H3,(H,24,32)(H,23,25,29). The highest BCUT2D eigenvalue weighted by atomic mass is 16.5. The van der Waals surface area contributed by atoms with Crippen LogP contribution in [-0.4, -0.2) is 88.4 Å². The normalized spacial score (nSPS) is 26.1. The number of anilines is 1. The average Bonchev–Trinajstić information content (AvgIpc) is 3.30. The van der Waals surface area contributed by atoms with Gasteiger partial charge in [-0.2, -0.15) is 0 Å². The number of aromatic nitrogens is 1. The summed E-state index contributed by atoms with van der Waals surface area (Å²) in [5, 5.41) is 9.30. The highest BCUT2D eigenvalue weighted by molar-refractivity contribution is 6.09. The Morgan fingerprint density at radius 1 is 1.18 bits per heavy atom. The molecule has 0 bridgehead atoms. The first-order chi connectivity index (χ1) is 15.8. The molecule has 11 heteroatoms. The van der Waals surface area contributed by atoms with Gasteiger partial charge in [-0.3, -0.25) is 24.2 Å². The lowest BCUT2D eigenvalue weighted by atomic mass is 9.75. The van der Waals surface area contributed by atoms with E-state index in [0.29, 0.717) is 56.5 Å². The summed E-state index contributed by atoms with van der Waals surface area (Å²) in [5.74, 6) is 0.858. The van der Waals surface area contributed by atoms with Crippen LogP contribution in [0, 0.1) is 12.8 Å². The van der Waals surface area contributed by atoms with Gasteiger partial charge >= 0.3 is 6.03 Å². The molecule has 1 spiro atoms. The summed E-state index contributed by atoms with van der Waals surface area (Å²) in [6, 6.07) is 1.17. The molecule has 4 rings (SSSR count). The maximum atomic E-state index is 13.0. The average molecular weight is 461 g/mol. The third-order valence-electron chi connectivity index (χ3n) is 7.06. The van der Waals surface area contributed by atoms with Gasteiger partial charge in [-0.1, -0.05) is 18.5 Å². The molecule has 5 amide bonds. The molecule has 180 valence electrons. The van der Waals surface area contributed by atoms with Crippen molar-refractivity contribution in [1.82, 2.24) is 25.2 Å². The number of nitrogens with zero attached hydrogens (tertiary/aromatic N) is 4. The van der Waals surface area contributed by atoms with Crippen LogP contribution in [0.25, 0.3) is 0 Å². The van der Waals surface area contributed by atoms with Crippen LogP contribution >= 0.6 is 0 Å². The van der Waals surface area contributed by atoms with E-state index < -0.39 is 11.6 Å². The minimum Gasteiger partial charge on any atom is -0.360 e. The van der Waals surface area contributed by atoms with Gasteiger partial charge < -0.3 is 20.1 Å². The fraction of sp³-hybridized carbons (Fsp3) is 0.682. The molecule has 33 heavy (non-hydrogen) atoms. The van der Waals surface area contributed by atoms with Crippen LogP contribution in [0.2, 0.25) is 0 Å². The molecule has 1 aromatic heterocycles. The molecular weight excluding hydrogens is 428 g/mol. The molecule has 0 unspecified atom stereocenters. The Hall–Kier alpha value is -2.95. The number of carbonyl (C=O) groups is 4. The van der Waals surface area contributed by atoms with Gasteiger partial charge in [0.2, 0.25) is 11.8 Å². The van der Waals surface area contributed by atoms with Gasteiger partial charge in [0, 0.05) is 32.2 Å². The Morgan fingerprint density at radius 3 is 2.48 bits per heavy atom. The van der Waals surface area contributed by atoms with E-state index in [-0.39, 0.29) is 30.8 Å². The predicted molar refractivity (Wildman–Crippen MR) is 118 cm³/mol. The van der Waals surface area contributed by atoms with Gasteiger partial charge in [-0.25, -0.2) is 4.79 Å². The van der Waals surface area contributed by atoms with Crippen molar-refractivity contribution in [3.05, 3.63) is 11.8 Å². The van der Waals surface area contributed by atoms with Crippen molar-refractivity contribution in [2.24, 2.45) is 5.92 Å². The van der Waals surface area contributed by atoms with E-state index in [1.165, 1.54) is 0 Å². The smallest absolute Gasteiger partial charge is 0.325 e. The molecule has 1 saturated carbocycles. The van der Waals surface area contributed by atoms with Gasteiger partial charge in [0.05, 0.1) is 6.54 Å². The number of amides is 5. The van der Waals surface area contributed by atoms with Gasteiger partial charge in [-0.15, -0.1) is 0 Å². The Bertz CT molecular complexity index is 914. The fourth-order valence-electron chi connectivity index (χ4n) is 4.94. The van der Waals surface area contributed by atoms with Gasteiger partial charge in [0.1, 0.15) is 17.8 Å². The number of piperazine rings is 1. The van der Waals surface area contributed by atoms with Crippen molar-refractivity contribution in [3.63, 3.8) is 0 Å². The molecular formula is C22H32N6O5. The van der Waals surface area contributed by atoms with Gasteiger partial charge in [0.15, 0.2) is 5.82 Å². The highest BCUT2D eigenvalue weighted by Crippen LogP contribution is 2.37. The van der Waals surface area contributed by atoms with Crippen LogP contribution in [-0.2, 0) is 14.4 Å². The SMILES string of the molecule is CCC1CCC2(CC1)NC(=O)N(CC(=O)N1CCN(CC(=O)Nc3cc(C)on3)CC1)C2=O. The van der Waals surface area contributed by atoms with E-state index in [1.807, 2.05) is 4.90 Å². The number of hydrogen-bond acceptors (Lipinski definition) is 7. The van der Waals surface area contributed by atoms with Crippen LogP contribution in [0.15, 0.2) is 10.6 Å². The van der Waals surface area contributed by atoms with Crippen LogP contribution in [0.5, 0.6) is 0 Å². The lowest BCUT2D eigenvalue weighted by molar-refractivity contribution is -0.140. The minimum atomic E-state index is -0.836. The number of hydrogen-bond donors (Lipinski definition) is 2. The third-order valence-corrected chi connectivity index (χ3v) is 7.06. The number of rotatable bonds is 6. The Morgan fingerprint density at radius 2 is 1.88 bits per heavy atom. The maximum absolute atomic E-state index is 13.0. The minimum absolute atomic E-state index is 0.183. The zero-order valence-corrected chi connectivity index (χ0v) is 19.3. The first-order valence-electron chi connectivity index (χ1n) is 11.7. The molecule has 2 aliphatic heterocycles. The van der Waals surface area contributed by atoms with Crippen molar-refractivity contribution in [2.75, 3.05) is 44.6 Å². The molecule has 1 aromatic rings. The summed E-state index contributed by atoms with van der Waals surface area (Å²) in [7, 11) is 0. The zero-order valence-electron chi connectivity index (χ0n) is 19.3. The van der Waals surface area contributed by atoms with Crippen molar-refractivity contribution in [1.29, 1.82) is 0 Å². The monoisotopic (exact) mass is 460 g/mol. The van der Waals surface area contributed by atoms with Crippen molar-refractivity contribution < 1.29 is 23.7 Å². The maximum Gasteiger partial charge on any atom is 0.325 e. The first-order valence-corrected chi connectivity index (χ1v) is 11.7. The van der Waals surface area contributed by atoms with Gasteiger partial charge in [0.25, 0.3) is 5.91 Å². The Labute approximate surface area is 192 Å². The fourth-order valence-corrected chi connectivity index (χ4v) is 4.94. The summed E-state index contributed by atoms with van der Waals surface area (Å²) in [6.45, 7) is 5.75. The van der Waals surface area contributed by atoms with Gasteiger partial charge in [-0.05, 0) is 38.5 Å². The molecule has 11 nitrogen and oxygen atoms in total. The second kappa shape index (κ2) is 9.50. The van der Waals surface area contributed by atoms with Crippen LogP contribution < -0.4 is 10.6 Å². The third kappa shape index (κ3) is 5.02. The largest absolute Gasteiger partial charge is 0.360 e. The lowest BCUT2D eigenvalue weighted by Gasteiger charge is -2.35. The summed E-state index contributed by atoms with van der Waals surface area (Å²) in [6.07, 6.45) is 4.17. The second-order valence-electron chi connectivity index (χ2n) is 9.28. The summed E-state index contributed by atoms with van der Waals surface area (Å²) < 4.78 is 4.93. The van der Waals surface area contributed by atoms with Crippen LogP contribution in [0.1, 0.15) is 44.8 Å². The molecule has 0 aromatic carbocycles. The molecule has 1 aliphatic carbocycles. The number of aryl methyl sites for hydroxylation is 1. The summed E-state index contributed by atoms with van der Waals surface area (Å²) in [4.78, 5) is 55.2. The van der Waals surface area contributed by atoms with Crippen LogP contribution in [0.4, 0.5) is 10.6 Å². The molecule has 0 atom stereocenters. The quantitative estimate of drug-likeness (QED) is 0.605. The molecule has 3 heterocycles. The predicted octanol–water partition coefficient (Wildman–Crippen LogP) is 0.957. The molecule has 2 saturated heterocycles. The van der Waals surface area contributed by atoms with Crippen molar-refractivity contribution >= 4 is 29.6 Å². The van der Waals surface area contributed by atoms with E-state index in [9.17, 15) is 19.2 Å². The number of urea groups is 1. The lowest BCUT2D eigenvalue weighted by Crippen LogP contribution is -2.53. The van der Waals surface area contributed by atoms with E-state index in [2.05, 4.69) is 22.7 Å². The number of carbonyl (C=O) groups excluding carboxylic acids is 4. The van der Waals surface area contributed by atoms with Crippen LogP contribution in [0.3, 0.4) is 0 Å². The van der Waals surface area contributed by atoms with E-state index in [1.54, 1.807) is 17.9 Å². The zero-order chi connectivity index (χ0) is 23.6. The summed E-state index contributed by atoms with van der Waals surface area (Å²) in [5.41, 5.74) is -0.836. The highest BCUT2D eigenvalue weighted by Gasteiger charge is 2.52. The molecule has 0 radical (unpaired) electrons. The Balaban J connectivity index is 1.24. The number of nitrogens with one attached hydrogen (secondary N) is 2. The van der Waals surface area contributed by atoms with Crippen molar-refractivity contribution in [2.45, 2.75) is 51.5 Å². The molecule has 2 N–H and O–H groups in total. The van der Waals surface area contributed by atoms with E-state index >= 15 is 0 Å².